The second-order valence-corrected chi connectivity index (χ2v) is 6.84. The molecule has 1 N–H and O–H groups in total. The standard InChI is InChI=1S/C19H18N2S/c1-12-8-9-16(21(12)3)17-10-11-18(22-17)19-13(2)20-15-7-5-4-6-14(15)19/h4-11,20H,1-3H3. The molecule has 3 aromatic heterocycles. The van der Waals surface area contributed by atoms with Crippen molar-refractivity contribution in [2.45, 2.75) is 13.8 Å². The summed E-state index contributed by atoms with van der Waals surface area (Å²) in [6.45, 7) is 4.29. The molecule has 0 fully saturated rings. The van der Waals surface area contributed by atoms with Crippen molar-refractivity contribution in [2.75, 3.05) is 0 Å². The van der Waals surface area contributed by atoms with Crippen LogP contribution in [0.25, 0.3) is 31.9 Å². The molecule has 22 heavy (non-hydrogen) atoms. The van der Waals surface area contributed by atoms with Crippen molar-refractivity contribution in [1.82, 2.24) is 9.55 Å². The maximum absolute atomic E-state index is 3.49. The predicted octanol–water partition coefficient (Wildman–Crippen LogP) is 5.52. The van der Waals surface area contributed by atoms with Gasteiger partial charge in [0.2, 0.25) is 0 Å². The second-order valence-electron chi connectivity index (χ2n) is 5.75. The number of nitrogens with zero attached hydrogens (tertiary/aromatic N) is 1. The molecule has 3 heteroatoms. The summed E-state index contributed by atoms with van der Waals surface area (Å²) in [6, 6.07) is 17.4. The Bertz CT molecular complexity index is 969. The van der Waals surface area contributed by atoms with E-state index in [-0.39, 0.29) is 0 Å². The molecule has 0 saturated carbocycles. The SMILES string of the molecule is Cc1[nH]c2ccccc2c1-c1ccc(-c2ccc(C)n2C)s1. The van der Waals surface area contributed by atoms with Gasteiger partial charge in [-0.05, 0) is 44.2 Å². The number of hydrogen-bond donors (Lipinski definition) is 1. The summed E-state index contributed by atoms with van der Waals surface area (Å²) in [4.78, 5) is 6.13. The van der Waals surface area contributed by atoms with Crippen LogP contribution >= 0.6 is 11.3 Å². The Morgan fingerprint density at radius 3 is 2.45 bits per heavy atom. The van der Waals surface area contributed by atoms with E-state index in [1.807, 2.05) is 11.3 Å². The van der Waals surface area contributed by atoms with Gasteiger partial charge < -0.3 is 9.55 Å². The number of aromatic amines is 1. The van der Waals surface area contributed by atoms with Crippen molar-refractivity contribution in [3.05, 3.63) is 59.9 Å². The number of benzene rings is 1. The average Bonchev–Trinajstić information content (AvgIpc) is 3.17. The van der Waals surface area contributed by atoms with E-state index in [0.717, 1.165) is 0 Å². The van der Waals surface area contributed by atoms with E-state index in [2.05, 4.69) is 79.0 Å². The fraction of sp³-hybridized carbons (Fsp3) is 0.158. The number of thiophene rings is 1. The first kappa shape index (κ1) is 13.4. The number of H-pyrrole nitrogens is 1. The van der Waals surface area contributed by atoms with Crippen LogP contribution in [-0.4, -0.2) is 9.55 Å². The van der Waals surface area contributed by atoms with Crippen LogP contribution in [-0.2, 0) is 7.05 Å². The van der Waals surface area contributed by atoms with Crippen molar-refractivity contribution in [1.29, 1.82) is 0 Å². The first-order valence-electron chi connectivity index (χ1n) is 7.45. The highest BCUT2D eigenvalue weighted by Crippen LogP contribution is 2.39. The largest absolute Gasteiger partial charge is 0.358 e. The molecule has 0 spiro atoms. The highest BCUT2D eigenvalue weighted by molar-refractivity contribution is 7.18. The van der Waals surface area contributed by atoms with Crippen LogP contribution in [0.15, 0.2) is 48.5 Å². The van der Waals surface area contributed by atoms with Crippen LogP contribution in [0.3, 0.4) is 0 Å². The summed E-state index contributed by atoms with van der Waals surface area (Å²) in [5.41, 5.74) is 6.34. The number of fused-ring (bicyclic) bond motifs is 1. The van der Waals surface area contributed by atoms with Crippen LogP contribution in [0.2, 0.25) is 0 Å². The molecule has 0 saturated heterocycles. The molecule has 1 aromatic carbocycles. The maximum atomic E-state index is 3.49. The number of rotatable bonds is 2. The Kier molecular flexibility index (Phi) is 2.98. The van der Waals surface area contributed by atoms with Gasteiger partial charge in [0.25, 0.3) is 0 Å². The van der Waals surface area contributed by atoms with Crippen LogP contribution in [0.4, 0.5) is 0 Å². The zero-order valence-corrected chi connectivity index (χ0v) is 13.8. The van der Waals surface area contributed by atoms with Crippen LogP contribution in [0, 0.1) is 13.8 Å². The summed E-state index contributed by atoms with van der Waals surface area (Å²) in [5.74, 6) is 0. The Morgan fingerprint density at radius 1 is 0.909 bits per heavy atom. The number of nitrogens with one attached hydrogen (secondary N) is 1. The minimum atomic E-state index is 1.21. The average molecular weight is 306 g/mol. The molecule has 0 radical (unpaired) electrons. The van der Waals surface area contributed by atoms with Gasteiger partial charge in [-0.2, -0.15) is 0 Å². The zero-order chi connectivity index (χ0) is 15.3. The lowest BCUT2D eigenvalue weighted by molar-refractivity contribution is 0.893. The van der Waals surface area contributed by atoms with Gasteiger partial charge in [-0.1, -0.05) is 18.2 Å². The Hall–Kier alpha value is -2.26. The molecule has 4 aromatic rings. The third kappa shape index (κ3) is 1.93. The molecule has 0 aliphatic heterocycles. The normalized spacial score (nSPS) is 11.4. The molecular formula is C19H18N2S. The van der Waals surface area contributed by atoms with E-state index in [1.165, 1.54) is 43.3 Å². The molecule has 2 nitrogen and oxygen atoms in total. The molecule has 110 valence electrons. The summed E-state index contributed by atoms with van der Waals surface area (Å²) in [6.07, 6.45) is 0. The smallest absolute Gasteiger partial charge is 0.0581 e. The third-order valence-corrected chi connectivity index (χ3v) is 5.50. The van der Waals surface area contributed by atoms with Gasteiger partial charge in [0, 0.05) is 39.8 Å². The molecule has 4 rings (SSSR count). The molecule has 0 amide bonds. The van der Waals surface area contributed by atoms with E-state index in [4.69, 9.17) is 0 Å². The second kappa shape index (κ2) is 4.89. The third-order valence-electron chi connectivity index (χ3n) is 4.37. The summed E-state index contributed by atoms with van der Waals surface area (Å²) in [5, 5.41) is 1.30. The topological polar surface area (TPSA) is 20.7 Å². The van der Waals surface area contributed by atoms with E-state index in [9.17, 15) is 0 Å². The summed E-state index contributed by atoms with van der Waals surface area (Å²) in [7, 11) is 2.13. The fourth-order valence-electron chi connectivity index (χ4n) is 3.06. The molecule has 0 unspecified atom stereocenters. The lowest BCUT2D eigenvalue weighted by Gasteiger charge is -2.02. The van der Waals surface area contributed by atoms with Gasteiger partial charge in [0.15, 0.2) is 0 Å². The van der Waals surface area contributed by atoms with Gasteiger partial charge in [0.05, 0.1) is 10.6 Å². The minimum absolute atomic E-state index is 1.21. The molecule has 3 heterocycles. The van der Waals surface area contributed by atoms with Crippen molar-refractivity contribution >= 4 is 22.2 Å². The first-order valence-corrected chi connectivity index (χ1v) is 8.27. The minimum Gasteiger partial charge on any atom is -0.358 e. The number of hydrogen-bond acceptors (Lipinski definition) is 1. The van der Waals surface area contributed by atoms with Gasteiger partial charge >= 0.3 is 0 Å². The number of aryl methyl sites for hydroxylation is 2. The fourth-order valence-corrected chi connectivity index (χ4v) is 4.25. The number of para-hydroxylation sites is 1. The van der Waals surface area contributed by atoms with Crippen LogP contribution in [0.1, 0.15) is 11.4 Å². The van der Waals surface area contributed by atoms with Crippen molar-refractivity contribution < 1.29 is 0 Å². The maximum Gasteiger partial charge on any atom is 0.0581 e. The highest BCUT2D eigenvalue weighted by atomic mass is 32.1. The van der Waals surface area contributed by atoms with E-state index < -0.39 is 0 Å². The Morgan fingerprint density at radius 2 is 1.68 bits per heavy atom. The van der Waals surface area contributed by atoms with Gasteiger partial charge in [-0.3, -0.25) is 0 Å². The predicted molar refractivity (Wildman–Crippen MR) is 95.5 cm³/mol. The monoisotopic (exact) mass is 306 g/mol. The zero-order valence-electron chi connectivity index (χ0n) is 13.0. The molecule has 0 aliphatic rings. The summed E-state index contributed by atoms with van der Waals surface area (Å²) >= 11 is 1.86. The highest BCUT2D eigenvalue weighted by Gasteiger charge is 2.14. The molecular weight excluding hydrogens is 288 g/mol. The van der Waals surface area contributed by atoms with Crippen molar-refractivity contribution in [3.63, 3.8) is 0 Å². The lowest BCUT2D eigenvalue weighted by atomic mass is 10.1. The number of aromatic nitrogens is 2. The quantitative estimate of drug-likeness (QED) is 0.503. The van der Waals surface area contributed by atoms with E-state index >= 15 is 0 Å². The molecule has 0 atom stereocenters. The van der Waals surface area contributed by atoms with Gasteiger partial charge in [-0.15, -0.1) is 11.3 Å². The van der Waals surface area contributed by atoms with Crippen molar-refractivity contribution in [3.8, 4) is 21.0 Å². The van der Waals surface area contributed by atoms with E-state index in [1.54, 1.807) is 0 Å². The van der Waals surface area contributed by atoms with E-state index in [0.29, 0.717) is 0 Å². The van der Waals surface area contributed by atoms with Crippen LogP contribution in [0.5, 0.6) is 0 Å². The Balaban J connectivity index is 1.87. The van der Waals surface area contributed by atoms with Crippen molar-refractivity contribution in [2.24, 2.45) is 7.05 Å². The van der Waals surface area contributed by atoms with Gasteiger partial charge in [0.1, 0.15) is 0 Å². The molecule has 0 aliphatic carbocycles. The lowest BCUT2D eigenvalue weighted by Crippen LogP contribution is -1.91. The first-order chi connectivity index (χ1) is 10.6. The Labute approximate surface area is 134 Å². The summed E-state index contributed by atoms with van der Waals surface area (Å²) < 4.78 is 2.25. The van der Waals surface area contributed by atoms with Crippen LogP contribution < -0.4 is 0 Å². The molecule has 0 bridgehead atoms. The van der Waals surface area contributed by atoms with Gasteiger partial charge in [-0.25, -0.2) is 0 Å².